The van der Waals surface area contributed by atoms with Crippen LogP contribution in [-0.4, -0.2) is 22.5 Å². The van der Waals surface area contributed by atoms with Crippen molar-refractivity contribution in [3.05, 3.63) is 26.4 Å². The highest BCUT2D eigenvalue weighted by Gasteiger charge is 2.25. The van der Waals surface area contributed by atoms with E-state index in [0.717, 1.165) is 37.7 Å². The Morgan fingerprint density at radius 2 is 2.09 bits per heavy atom. The van der Waals surface area contributed by atoms with Gasteiger partial charge in [0, 0.05) is 11.4 Å². The van der Waals surface area contributed by atoms with Gasteiger partial charge in [-0.25, -0.2) is 0 Å². The van der Waals surface area contributed by atoms with E-state index in [1.54, 1.807) is 0 Å². The number of hydrogen-bond donors (Lipinski definition) is 3. The first-order valence-corrected chi connectivity index (χ1v) is 8.98. The third-order valence-corrected chi connectivity index (χ3v) is 5.54. The molecule has 0 saturated heterocycles. The van der Waals surface area contributed by atoms with Gasteiger partial charge < -0.3 is 15.4 Å². The van der Waals surface area contributed by atoms with E-state index in [9.17, 15) is 14.7 Å². The molecule has 3 rings (SSSR count). The molecule has 23 heavy (non-hydrogen) atoms. The molecule has 0 unspecified atom stereocenters. The zero-order chi connectivity index (χ0) is 16.6. The number of amides is 1. The Balaban J connectivity index is 2.00. The van der Waals surface area contributed by atoms with Crippen LogP contribution >= 0.6 is 11.3 Å². The smallest absolute Gasteiger partial charge is 0.265 e. The molecular weight excluding hydrogens is 312 g/mol. The standard InChI is InChI=1S/C17H22N2O3S/c1-9(2)7-8-18-15(21)13-14(20)12-10-5-3-4-6-11(10)23-17(12)19-16(13)22/h9H,3-8H2,1-2H3,(H,18,21)(H2,19,20,22). The first kappa shape index (κ1) is 16.1. The van der Waals surface area contributed by atoms with Gasteiger partial charge in [-0.2, -0.15) is 0 Å². The van der Waals surface area contributed by atoms with Crippen LogP contribution < -0.4 is 10.9 Å². The summed E-state index contributed by atoms with van der Waals surface area (Å²) in [4.78, 5) is 29.2. The van der Waals surface area contributed by atoms with Crippen LogP contribution in [0.5, 0.6) is 5.75 Å². The van der Waals surface area contributed by atoms with Crippen molar-refractivity contribution < 1.29 is 9.90 Å². The van der Waals surface area contributed by atoms with Gasteiger partial charge in [0.2, 0.25) is 0 Å². The summed E-state index contributed by atoms with van der Waals surface area (Å²) in [5.41, 5.74) is 0.421. The Kier molecular flexibility index (Phi) is 4.43. The summed E-state index contributed by atoms with van der Waals surface area (Å²) in [7, 11) is 0. The van der Waals surface area contributed by atoms with E-state index in [1.165, 1.54) is 16.2 Å². The lowest BCUT2D eigenvalue weighted by Crippen LogP contribution is -2.30. The summed E-state index contributed by atoms with van der Waals surface area (Å²) in [5, 5.41) is 14.0. The van der Waals surface area contributed by atoms with Gasteiger partial charge in [-0.1, -0.05) is 13.8 Å². The van der Waals surface area contributed by atoms with Crippen LogP contribution in [0.1, 0.15) is 53.9 Å². The van der Waals surface area contributed by atoms with E-state index in [4.69, 9.17) is 0 Å². The van der Waals surface area contributed by atoms with Gasteiger partial charge in [-0.15, -0.1) is 11.3 Å². The number of hydrogen-bond acceptors (Lipinski definition) is 4. The zero-order valence-electron chi connectivity index (χ0n) is 13.5. The van der Waals surface area contributed by atoms with Crippen molar-refractivity contribution in [1.82, 2.24) is 10.3 Å². The molecule has 5 nitrogen and oxygen atoms in total. The number of aromatic amines is 1. The van der Waals surface area contributed by atoms with Crippen molar-refractivity contribution in [3.8, 4) is 5.75 Å². The number of aromatic nitrogens is 1. The second-order valence-electron chi connectivity index (χ2n) is 6.53. The average molecular weight is 334 g/mol. The van der Waals surface area contributed by atoms with Crippen LogP contribution in [0.25, 0.3) is 10.2 Å². The monoisotopic (exact) mass is 334 g/mol. The summed E-state index contributed by atoms with van der Waals surface area (Å²) in [6, 6.07) is 0. The molecule has 0 aromatic carbocycles. The molecule has 0 fully saturated rings. The van der Waals surface area contributed by atoms with Gasteiger partial charge in [0.15, 0.2) is 0 Å². The Morgan fingerprint density at radius 1 is 1.35 bits per heavy atom. The number of aryl methyl sites for hydroxylation is 2. The molecule has 6 heteroatoms. The highest BCUT2D eigenvalue weighted by molar-refractivity contribution is 7.18. The summed E-state index contributed by atoms with van der Waals surface area (Å²) < 4.78 is 0. The van der Waals surface area contributed by atoms with Crippen molar-refractivity contribution in [2.75, 3.05) is 6.54 Å². The molecule has 2 aromatic rings. The molecule has 3 N–H and O–H groups in total. The molecule has 0 atom stereocenters. The van der Waals surface area contributed by atoms with E-state index < -0.39 is 11.5 Å². The van der Waals surface area contributed by atoms with Crippen LogP contribution in [0.3, 0.4) is 0 Å². The highest BCUT2D eigenvalue weighted by Crippen LogP contribution is 2.39. The first-order valence-electron chi connectivity index (χ1n) is 8.16. The van der Waals surface area contributed by atoms with Crippen molar-refractivity contribution in [1.29, 1.82) is 0 Å². The number of carbonyl (C=O) groups excluding carboxylic acids is 1. The van der Waals surface area contributed by atoms with E-state index in [2.05, 4.69) is 24.1 Å². The number of rotatable bonds is 4. The molecule has 0 saturated carbocycles. The van der Waals surface area contributed by atoms with Crippen LogP contribution in [-0.2, 0) is 12.8 Å². The molecule has 2 aromatic heterocycles. The maximum atomic E-state index is 12.3. The Hall–Kier alpha value is -1.82. The van der Waals surface area contributed by atoms with Crippen LogP contribution in [0, 0.1) is 5.92 Å². The largest absolute Gasteiger partial charge is 0.506 e. The van der Waals surface area contributed by atoms with Gasteiger partial charge >= 0.3 is 0 Å². The number of H-pyrrole nitrogens is 1. The van der Waals surface area contributed by atoms with Crippen LogP contribution in [0.4, 0.5) is 0 Å². The number of fused-ring (bicyclic) bond motifs is 3. The minimum Gasteiger partial charge on any atom is -0.506 e. The molecule has 1 aliphatic carbocycles. The molecule has 1 aliphatic rings. The topological polar surface area (TPSA) is 82.2 Å². The quantitative estimate of drug-likeness (QED) is 0.804. The second-order valence-corrected chi connectivity index (χ2v) is 7.64. The lowest BCUT2D eigenvalue weighted by atomic mass is 9.96. The van der Waals surface area contributed by atoms with Crippen LogP contribution in [0.15, 0.2) is 4.79 Å². The lowest BCUT2D eigenvalue weighted by molar-refractivity contribution is 0.0948. The second kappa shape index (κ2) is 6.35. The van der Waals surface area contributed by atoms with Crippen molar-refractivity contribution in [2.45, 2.75) is 46.0 Å². The minimum atomic E-state index is -0.518. The zero-order valence-corrected chi connectivity index (χ0v) is 14.3. The van der Waals surface area contributed by atoms with Gasteiger partial charge in [0.05, 0.1) is 5.39 Å². The van der Waals surface area contributed by atoms with Gasteiger partial charge in [0.25, 0.3) is 11.5 Å². The Labute approximate surface area is 138 Å². The maximum absolute atomic E-state index is 12.3. The molecule has 1 amide bonds. The first-order chi connectivity index (χ1) is 11.0. The summed E-state index contributed by atoms with van der Waals surface area (Å²) >= 11 is 1.52. The SMILES string of the molecule is CC(C)CCNC(=O)c1c(O)c2c3c(sc2[nH]c1=O)CCCC3. The van der Waals surface area contributed by atoms with E-state index >= 15 is 0 Å². The maximum Gasteiger partial charge on any atom is 0.265 e. The summed E-state index contributed by atoms with van der Waals surface area (Å²) in [6.07, 6.45) is 4.91. The van der Waals surface area contributed by atoms with Gasteiger partial charge in [-0.3, -0.25) is 9.59 Å². The molecule has 0 spiro atoms. The molecular formula is C17H22N2O3S. The number of aromatic hydroxyl groups is 1. The van der Waals surface area contributed by atoms with Crippen molar-refractivity contribution in [2.24, 2.45) is 5.92 Å². The fourth-order valence-corrected chi connectivity index (χ4v) is 4.36. The lowest BCUT2D eigenvalue weighted by Gasteiger charge is -2.12. The normalized spacial score (nSPS) is 14.2. The molecule has 0 radical (unpaired) electrons. The number of carbonyl (C=O) groups is 1. The fourth-order valence-electron chi connectivity index (χ4n) is 3.08. The van der Waals surface area contributed by atoms with Gasteiger partial charge in [-0.05, 0) is 43.6 Å². The van der Waals surface area contributed by atoms with E-state index in [0.29, 0.717) is 22.7 Å². The minimum absolute atomic E-state index is 0.160. The predicted octanol–water partition coefficient (Wildman–Crippen LogP) is 2.95. The van der Waals surface area contributed by atoms with E-state index in [1.807, 2.05) is 0 Å². The predicted molar refractivity (Wildman–Crippen MR) is 92.5 cm³/mol. The number of nitrogens with one attached hydrogen (secondary N) is 2. The molecule has 2 heterocycles. The van der Waals surface area contributed by atoms with Crippen molar-refractivity contribution in [3.63, 3.8) is 0 Å². The average Bonchev–Trinajstić information content (AvgIpc) is 2.84. The number of pyridine rings is 1. The van der Waals surface area contributed by atoms with Gasteiger partial charge in [0.1, 0.15) is 16.1 Å². The Morgan fingerprint density at radius 3 is 2.83 bits per heavy atom. The molecule has 0 aliphatic heterocycles. The summed E-state index contributed by atoms with van der Waals surface area (Å²) in [5.74, 6) is -0.194. The molecule has 124 valence electrons. The van der Waals surface area contributed by atoms with Crippen molar-refractivity contribution >= 4 is 27.5 Å². The Bertz CT molecular complexity index is 804. The van der Waals surface area contributed by atoms with E-state index in [-0.39, 0.29) is 11.3 Å². The highest BCUT2D eigenvalue weighted by atomic mass is 32.1. The van der Waals surface area contributed by atoms with Crippen LogP contribution in [0.2, 0.25) is 0 Å². The third kappa shape index (κ3) is 3.00. The summed E-state index contributed by atoms with van der Waals surface area (Å²) in [6.45, 7) is 4.63. The number of thiophene rings is 1. The fraction of sp³-hybridized carbons (Fsp3) is 0.529. The third-order valence-electron chi connectivity index (χ3n) is 4.33. The molecule has 0 bridgehead atoms.